The fourth-order valence-electron chi connectivity index (χ4n) is 2.54. The molecule has 0 saturated heterocycles. The van der Waals surface area contributed by atoms with Gasteiger partial charge in [0.2, 0.25) is 6.79 Å². The third kappa shape index (κ3) is 1.80. The van der Waals surface area contributed by atoms with E-state index in [1.165, 1.54) is 0 Å². The van der Waals surface area contributed by atoms with Crippen LogP contribution in [0.3, 0.4) is 0 Å². The molecule has 0 aliphatic carbocycles. The molecule has 1 aromatic carbocycles. The number of benzene rings is 1. The molecular formula is C15H15NO3. The van der Waals surface area contributed by atoms with Crippen LogP contribution in [0.2, 0.25) is 0 Å². The number of aryl methyl sites for hydroxylation is 1. The van der Waals surface area contributed by atoms with Crippen molar-refractivity contribution in [2.45, 2.75) is 20.8 Å². The predicted octanol–water partition coefficient (Wildman–Crippen LogP) is 3.03. The van der Waals surface area contributed by atoms with E-state index in [9.17, 15) is 4.79 Å². The number of carbonyl (C=O) groups excluding carboxylic acids is 1. The number of Topliss-reactive ketones (excluding diaryl/α,β-unsaturated/α-hetero) is 1. The van der Waals surface area contributed by atoms with Crippen LogP contribution in [0.5, 0.6) is 11.5 Å². The number of hydrogen-bond donors (Lipinski definition) is 0. The highest BCUT2D eigenvalue weighted by Crippen LogP contribution is 2.34. The third-order valence-corrected chi connectivity index (χ3v) is 3.42. The van der Waals surface area contributed by atoms with Gasteiger partial charge in [0, 0.05) is 28.7 Å². The van der Waals surface area contributed by atoms with Crippen molar-refractivity contribution in [2.24, 2.45) is 0 Å². The number of aromatic nitrogens is 1. The molecule has 3 rings (SSSR count). The quantitative estimate of drug-likeness (QED) is 0.776. The molecule has 2 heterocycles. The van der Waals surface area contributed by atoms with Crippen molar-refractivity contribution >= 4 is 5.78 Å². The zero-order valence-electron chi connectivity index (χ0n) is 11.2. The molecule has 2 aromatic rings. The molecule has 0 unspecified atom stereocenters. The van der Waals surface area contributed by atoms with Crippen molar-refractivity contribution in [2.75, 3.05) is 6.79 Å². The fraction of sp³-hybridized carbons (Fsp3) is 0.267. The van der Waals surface area contributed by atoms with Crippen LogP contribution in [0.1, 0.15) is 28.7 Å². The van der Waals surface area contributed by atoms with Crippen LogP contribution in [-0.4, -0.2) is 17.1 Å². The lowest BCUT2D eigenvalue weighted by atomic mass is 10.2. The monoisotopic (exact) mass is 257 g/mol. The Morgan fingerprint density at radius 1 is 1.16 bits per heavy atom. The number of hydrogen-bond acceptors (Lipinski definition) is 3. The maximum atomic E-state index is 11.6. The molecule has 98 valence electrons. The molecule has 0 radical (unpaired) electrons. The molecular weight excluding hydrogens is 242 g/mol. The van der Waals surface area contributed by atoms with E-state index >= 15 is 0 Å². The van der Waals surface area contributed by atoms with Crippen molar-refractivity contribution in [1.29, 1.82) is 0 Å². The van der Waals surface area contributed by atoms with Gasteiger partial charge in [-0.25, -0.2) is 0 Å². The summed E-state index contributed by atoms with van der Waals surface area (Å²) in [5.74, 6) is 1.59. The maximum absolute atomic E-state index is 11.6. The van der Waals surface area contributed by atoms with Gasteiger partial charge in [-0.1, -0.05) is 0 Å². The summed E-state index contributed by atoms with van der Waals surface area (Å²) in [5.41, 5.74) is 3.72. The van der Waals surface area contributed by atoms with Crippen LogP contribution in [0.25, 0.3) is 5.69 Å². The molecule has 1 aromatic heterocycles. The molecule has 1 aliphatic rings. The summed E-state index contributed by atoms with van der Waals surface area (Å²) < 4.78 is 12.8. The van der Waals surface area contributed by atoms with E-state index in [2.05, 4.69) is 4.57 Å². The van der Waals surface area contributed by atoms with Crippen molar-refractivity contribution in [1.82, 2.24) is 4.57 Å². The van der Waals surface area contributed by atoms with Crippen molar-refractivity contribution < 1.29 is 14.3 Å². The summed E-state index contributed by atoms with van der Waals surface area (Å²) in [6, 6.07) is 7.72. The lowest BCUT2D eigenvalue weighted by Crippen LogP contribution is -2.01. The minimum atomic E-state index is 0.0834. The van der Waals surface area contributed by atoms with Crippen molar-refractivity contribution in [3.05, 3.63) is 41.2 Å². The Morgan fingerprint density at radius 3 is 2.58 bits per heavy atom. The minimum absolute atomic E-state index is 0.0834. The first kappa shape index (κ1) is 11.8. The number of carbonyl (C=O) groups is 1. The first-order valence-corrected chi connectivity index (χ1v) is 6.18. The van der Waals surface area contributed by atoms with Crippen LogP contribution in [-0.2, 0) is 0 Å². The van der Waals surface area contributed by atoms with Crippen molar-refractivity contribution in [3.63, 3.8) is 0 Å². The van der Waals surface area contributed by atoms with Gasteiger partial charge in [-0.3, -0.25) is 4.79 Å². The maximum Gasteiger partial charge on any atom is 0.231 e. The van der Waals surface area contributed by atoms with Gasteiger partial charge >= 0.3 is 0 Å². The van der Waals surface area contributed by atoms with Gasteiger partial charge in [-0.2, -0.15) is 0 Å². The van der Waals surface area contributed by atoms with E-state index in [1.807, 2.05) is 38.1 Å². The molecule has 4 nitrogen and oxygen atoms in total. The molecule has 0 spiro atoms. The zero-order valence-corrected chi connectivity index (χ0v) is 11.2. The average Bonchev–Trinajstić information content (AvgIpc) is 2.93. The average molecular weight is 257 g/mol. The van der Waals surface area contributed by atoms with E-state index in [0.717, 1.165) is 34.1 Å². The number of rotatable bonds is 2. The minimum Gasteiger partial charge on any atom is -0.454 e. The Labute approximate surface area is 111 Å². The first-order chi connectivity index (χ1) is 9.08. The van der Waals surface area contributed by atoms with Gasteiger partial charge in [0.1, 0.15) is 0 Å². The number of ether oxygens (including phenoxy) is 2. The van der Waals surface area contributed by atoms with E-state index in [-0.39, 0.29) is 12.6 Å². The molecule has 0 saturated carbocycles. The van der Waals surface area contributed by atoms with Crippen LogP contribution in [0.4, 0.5) is 0 Å². The van der Waals surface area contributed by atoms with Crippen LogP contribution < -0.4 is 9.47 Å². The second-order valence-electron chi connectivity index (χ2n) is 4.71. The summed E-state index contributed by atoms with van der Waals surface area (Å²) in [5, 5.41) is 0. The highest BCUT2D eigenvalue weighted by Gasteiger charge is 2.17. The smallest absolute Gasteiger partial charge is 0.231 e. The molecule has 0 fully saturated rings. The van der Waals surface area contributed by atoms with E-state index in [0.29, 0.717) is 0 Å². The summed E-state index contributed by atoms with van der Waals surface area (Å²) in [6.45, 7) is 5.80. The molecule has 0 bridgehead atoms. The normalized spacial score (nSPS) is 12.8. The van der Waals surface area contributed by atoms with E-state index in [1.54, 1.807) is 6.92 Å². The Bertz CT molecular complexity index is 670. The first-order valence-electron chi connectivity index (χ1n) is 6.18. The SMILES string of the molecule is CC(=O)c1cc(C)n(-c2ccc3c(c2)OCO3)c1C. The largest absolute Gasteiger partial charge is 0.454 e. The van der Waals surface area contributed by atoms with Crippen molar-refractivity contribution in [3.8, 4) is 17.2 Å². The molecule has 0 N–H and O–H groups in total. The molecule has 0 amide bonds. The van der Waals surface area contributed by atoms with Gasteiger partial charge in [-0.05, 0) is 39.0 Å². The van der Waals surface area contributed by atoms with Crippen LogP contribution in [0, 0.1) is 13.8 Å². The zero-order chi connectivity index (χ0) is 13.6. The molecule has 19 heavy (non-hydrogen) atoms. The van der Waals surface area contributed by atoms with Gasteiger partial charge in [0.15, 0.2) is 17.3 Å². The molecule has 4 heteroatoms. The summed E-state index contributed by atoms with van der Waals surface area (Å²) in [6.07, 6.45) is 0. The number of fused-ring (bicyclic) bond motifs is 1. The van der Waals surface area contributed by atoms with Gasteiger partial charge in [0.25, 0.3) is 0 Å². The third-order valence-electron chi connectivity index (χ3n) is 3.42. The Hall–Kier alpha value is -2.23. The van der Waals surface area contributed by atoms with E-state index in [4.69, 9.17) is 9.47 Å². The highest BCUT2D eigenvalue weighted by atomic mass is 16.7. The van der Waals surface area contributed by atoms with Gasteiger partial charge in [-0.15, -0.1) is 0 Å². The summed E-state index contributed by atoms with van der Waals surface area (Å²) >= 11 is 0. The number of nitrogens with zero attached hydrogens (tertiary/aromatic N) is 1. The second-order valence-corrected chi connectivity index (χ2v) is 4.71. The Balaban J connectivity index is 2.14. The topological polar surface area (TPSA) is 40.5 Å². The lowest BCUT2D eigenvalue weighted by molar-refractivity contribution is 0.101. The van der Waals surface area contributed by atoms with E-state index < -0.39 is 0 Å². The van der Waals surface area contributed by atoms with Gasteiger partial charge in [0.05, 0.1) is 0 Å². The molecule has 1 aliphatic heterocycles. The van der Waals surface area contributed by atoms with Crippen LogP contribution >= 0.6 is 0 Å². The highest BCUT2D eigenvalue weighted by molar-refractivity contribution is 5.95. The standard InChI is InChI=1S/C15H15NO3/c1-9-6-13(11(3)17)10(2)16(9)12-4-5-14-15(7-12)19-8-18-14/h4-7H,8H2,1-3H3. The lowest BCUT2D eigenvalue weighted by Gasteiger charge is -2.10. The molecule has 0 atom stereocenters. The second kappa shape index (κ2) is 4.16. The Kier molecular flexibility index (Phi) is 2.59. The summed E-state index contributed by atoms with van der Waals surface area (Å²) in [7, 11) is 0. The van der Waals surface area contributed by atoms with Gasteiger partial charge < -0.3 is 14.0 Å². The predicted molar refractivity (Wildman–Crippen MR) is 71.4 cm³/mol. The number of ketones is 1. The summed E-state index contributed by atoms with van der Waals surface area (Å²) in [4.78, 5) is 11.6. The fourth-order valence-corrected chi connectivity index (χ4v) is 2.54. The van der Waals surface area contributed by atoms with Crippen LogP contribution in [0.15, 0.2) is 24.3 Å². The Morgan fingerprint density at radius 2 is 1.89 bits per heavy atom.